The molecule has 1 heterocycles. The van der Waals surface area contributed by atoms with Crippen molar-refractivity contribution in [1.29, 1.82) is 0 Å². The van der Waals surface area contributed by atoms with Gasteiger partial charge in [-0.3, -0.25) is 0 Å². The zero-order valence-corrected chi connectivity index (χ0v) is 8.63. The highest BCUT2D eigenvalue weighted by Crippen LogP contribution is 2.17. The van der Waals surface area contributed by atoms with E-state index in [1.165, 1.54) is 31.8 Å². The quantitative estimate of drug-likeness (QED) is 0.628. The highest BCUT2D eigenvalue weighted by atomic mass is 35.5. The van der Waals surface area contributed by atoms with Crippen LogP contribution in [0.5, 0.6) is 0 Å². The third kappa shape index (κ3) is 3.22. The van der Waals surface area contributed by atoms with E-state index in [0.29, 0.717) is 0 Å². The van der Waals surface area contributed by atoms with Crippen LogP contribution >= 0.6 is 23.4 Å². The molecule has 1 rings (SSSR count). The molecule has 0 aromatic rings. The van der Waals surface area contributed by atoms with Crippen molar-refractivity contribution >= 4 is 23.4 Å². The number of halogens is 1. The van der Waals surface area contributed by atoms with Crippen LogP contribution in [-0.4, -0.2) is 42.4 Å². The van der Waals surface area contributed by atoms with Gasteiger partial charge in [-0.2, -0.15) is 11.8 Å². The average Bonchev–Trinajstić information content (AvgIpc) is 2.48. The van der Waals surface area contributed by atoms with Gasteiger partial charge in [0.15, 0.2) is 0 Å². The summed E-state index contributed by atoms with van der Waals surface area (Å²) in [7, 11) is 0. The van der Waals surface area contributed by atoms with Crippen molar-refractivity contribution in [1.82, 2.24) is 4.90 Å². The zero-order chi connectivity index (χ0) is 8.10. The number of likely N-dealkylation sites (tertiary alicyclic amines) is 1. The van der Waals surface area contributed by atoms with E-state index in [0.717, 1.165) is 11.8 Å². The van der Waals surface area contributed by atoms with Gasteiger partial charge in [0.1, 0.15) is 0 Å². The Bertz CT molecular complexity index is 110. The summed E-state index contributed by atoms with van der Waals surface area (Å²) in [4.78, 5) is 2.52. The molecule has 1 fully saturated rings. The Morgan fingerprint density at radius 1 is 1.64 bits per heavy atom. The molecule has 66 valence electrons. The van der Waals surface area contributed by atoms with Crippen molar-refractivity contribution in [2.24, 2.45) is 5.92 Å². The fourth-order valence-electron chi connectivity index (χ4n) is 1.46. The van der Waals surface area contributed by atoms with E-state index in [4.69, 9.17) is 11.6 Å². The Balaban J connectivity index is 2.09. The van der Waals surface area contributed by atoms with Crippen LogP contribution in [0.3, 0.4) is 0 Å². The maximum Gasteiger partial charge on any atom is 0.0264 e. The van der Waals surface area contributed by atoms with Crippen molar-refractivity contribution in [2.75, 3.05) is 37.5 Å². The molecule has 0 aromatic carbocycles. The number of hydrogen-bond donors (Lipinski definition) is 0. The summed E-state index contributed by atoms with van der Waals surface area (Å²) in [6.07, 6.45) is 3.47. The first-order chi connectivity index (χ1) is 5.36. The summed E-state index contributed by atoms with van der Waals surface area (Å²) >= 11 is 7.70. The lowest BCUT2D eigenvalue weighted by molar-refractivity contribution is 0.350. The van der Waals surface area contributed by atoms with Crippen LogP contribution in [0.2, 0.25) is 0 Å². The van der Waals surface area contributed by atoms with Crippen molar-refractivity contribution in [2.45, 2.75) is 6.42 Å². The van der Waals surface area contributed by atoms with Gasteiger partial charge < -0.3 is 4.90 Å². The summed E-state index contributed by atoms with van der Waals surface area (Å²) in [6, 6.07) is 0. The van der Waals surface area contributed by atoms with Crippen LogP contribution in [0, 0.1) is 5.92 Å². The molecular weight excluding hydrogens is 178 g/mol. The van der Waals surface area contributed by atoms with Gasteiger partial charge >= 0.3 is 0 Å². The van der Waals surface area contributed by atoms with E-state index in [1.807, 2.05) is 11.8 Å². The van der Waals surface area contributed by atoms with Gasteiger partial charge in [0.25, 0.3) is 0 Å². The average molecular weight is 194 g/mol. The number of nitrogens with zero attached hydrogens (tertiary/aromatic N) is 1. The molecule has 0 saturated carbocycles. The largest absolute Gasteiger partial charge is 0.302 e. The van der Waals surface area contributed by atoms with Crippen LogP contribution < -0.4 is 0 Å². The molecule has 1 atom stereocenters. The summed E-state index contributed by atoms with van der Waals surface area (Å²) in [5.74, 6) is 2.86. The molecule has 1 saturated heterocycles. The van der Waals surface area contributed by atoms with Crippen LogP contribution in [-0.2, 0) is 0 Å². The second-order valence-corrected chi connectivity index (χ2v) is 4.40. The number of thioether (sulfide) groups is 1. The molecule has 0 aliphatic carbocycles. The molecule has 0 aromatic heterocycles. The van der Waals surface area contributed by atoms with Gasteiger partial charge in [0.05, 0.1) is 0 Å². The molecule has 0 amide bonds. The van der Waals surface area contributed by atoms with Gasteiger partial charge in [0, 0.05) is 24.7 Å². The summed E-state index contributed by atoms with van der Waals surface area (Å²) < 4.78 is 0. The summed E-state index contributed by atoms with van der Waals surface area (Å²) in [6.45, 7) is 3.73. The number of rotatable bonds is 4. The van der Waals surface area contributed by atoms with Crippen molar-refractivity contribution < 1.29 is 0 Å². The van der Waals surface area contributed by atoms with Gasteiger partial charge in [-0.25, -0.2) is 0 Å². The number of hydrogen-bond acceptors (Lipinski definition) is 2. The fraction of sp³-hybridized carbons (Fsp3) is 1.00. The maximum absolute atomic E-state index is 5.78. The standard InChI is InChI=1S/C8H16ClNS/c1-11-5-4-10-3-2-8(6-9)7-10/h8H,2-7H2,1H3. The molecule has 0 bridgehead atoms. The van der Waals surface area contributed by atoms with Crippen LogP contribution in [0.4, 0.5) is 0 Å². The van der Waals surface area contributed by atoms with Crippen LogP contribution in [0.25, 0.3) is 0 Å². The monoisotopic (exact) mass is 193 g/mol. The highest BCUT2D eigenvalue weighted by Gasteiger charge is 2.20. The predicted octanol–water partition coefficient (Wildman–Crippen LogP) is 1.91. The maximum atomic E-state index is 5.78. The van der Waals surface area contributed by atoms with Crippen LogP contribution in [0.1, 0.15) is 6.42 Å². The fourth-order valence-corrected chi connectivity index (χ4v) is 2.15. The third-order valence-corrected chi connectivity index (χ3v) is 3.23. The Morgan fingerprint density at radius 2 is 2.45 bits per heavy atom. The second-order valence-electron chi connectivity index (χ2n) is 3.10. The van der Waals surface area contributed by atoms with Crippen molar-refractivity contribution in [3.05, 3.63) is 0 Å². The molecule has 0 spiro atoms. The minimum Gasteiger partial charge on any atom is -0.302 e. The minimum atomic E-state index is 0.763. The Kier molecular flexibility index (Phi) is 4.65. The van der Waals surface area contributed by atoms with Gasteiger partial charge in [0.2, 0.25) is 0 Å². The molecule has 0 N–H and O–H groups in total. The predicted molar refractivity (Wildman–Crippen MR) is 53.6 cm³/mol. The third-order valence-electron chi connectivity index (χ3n) is 2.20. The van der Waals surface area contributed by atoms with Gasteiger partial charge in [-0.15, -0.1) is 11.6 Å². The Morgan fingerprint density at radius 3 is 3.00 bits per heavy atom. The first-order valence-electron chi connectivity index (χ1n) is 4.14. The van der Waals surface area contributed by atoms with Gasteiger partial charge in [-0.05, 0) is 25.1 Å². The van der Waals surface area contributed by atoms with E-state index in [9.17, 15) is 0 Å². The number of alkyl halides is 1. The molecule has 1 unspecified atom stereocenters. The minimum absolute atomic E-state index is 0.763. The first kappa shape index (κ1) is 9.69. The molecule has 11 heavy (non-hydrogen) atoms. The van der Waals surface area contributed by atoms with Crippen LogP contribution in [0.15, 0.2) is 0 Å². The lowest BCUT2D eigenvalue weighted by Crippen LogP contribution is -2.23. The normalized spacial score (nSPS) is 26.2. The van der Waals surface area contributed by atoms with E-state index in [2.05, 4.69) is 11.2 Å². The molecule has 3 heteroatoms. The SMILES string of the molecule is CSCCN1CCC(CCl)C1. The molecular formula is C8H16ClNS. The van der Waals surface area contributed by atoms with E-state index < -0.39 is 0 Å². The second kappa shape index (κ2) is 5.28. The van der Waals surface area contributed by atoms with E-state index in [1.54, 1.807) is 0 Å². The smallest absolute Gasteiger partial charge is 0.0264 e. The first-order valence-corrected chi connectivity index (χ1v) is 6.07. The molecule has 0 radical (unpaired) electrons. The van der Waals surface area contributed by atoms with E-state index >= 15 is 0 Å². The van der Waals surface area contributed by atoms with Crippen molar-refractivity contribution in [3.8, 4) is 0 Å². The highest BCUT2D eigenvalue weighted by molar-refractivity contribution is 7.98. The molecule has 1 nitrogen and oxygen atoms in total. The van der Waals surface area contributed by atoms with E-state index in [-0.39, 0.29) is 0 Å². The summed E-state index contributed by atoms with van der Waals surface area (Å²) in [5, 5.41) is 0. The lowest BCUT2D eigenvalue weighted by atomic mass is 10.2. The topological polar surface area (TPSA) is 3.24 Å². The molecule has 1 aliphatic heterocycles. The lowest BCUT2D eigenvalue weighted by Gasteiger charge is -2.13. The van der Waals surface area contributed by atoms with Crippen molar-refractivity contribution in [3.63, 3.8) is 0 Å². The molecule has 1 aliphatic rings. The van der Waals surface area contributed by atoms with Gasteiger partial charge in [-0.1, -0.05) is 0 Å². The zero-order valence-electron chi connectivity index (χ0n) is 7.05. The Labute approximate surface area is 78.5 Å². The Hall–Kier alpha value is 0.600. The summed E-state index contributed by atoms with van der Waals surface area (Å²) in [5.41, 5.74) is 0.